The second-order valence-corrected chi connectivity index (χ2v) is 6.57. The van der Waals surface area contributed by atoms with Crippen LogP contribution < -0.4 is 0 Å². The van der Waals surface area contributed by atoms with Gasteiger partial charge in [0, 0.05) is 30.9 Å². The fourth-order valence-electron chi connectivity index (χ4n) is 3.04. The predicted octanol–water partition coefficient (Wildman–Crippen LogP) is 1.37. The molecule has 0 bridgehead atoms. The van der Waals surface area contributed by atoms with Crippen molar-refractivity contribution in [3.05, 3.63) is 22.4 Å². The number of rotatable bonds is 5. The molecule has 0 unspecified atom stereocenters. The molecule has 116 valence electrons. The Kier molecular flexibility index (Phi) is 4.90. The molecule has 0 N–H and O–H groups in total. The van der Waals surface area contributed by atoms with Gasteiger partial charge in [0.15, 0.2) is 0 Å². The zero-order valence-corrected chi connectivity index (χ0v) is 13.2. The summed E-state index contributed by atoms with van der Waals surface area (Å²) in [6, 6.07) is 4.52. The number of hydrogen-bond donors (Lipinski definition) is 0. The SMILES string of the molecule is CN(C[C@@H](c1cccs1)N1CCOCC1)[C@H]1CCOC1=O. The zero-order valence-electron chi connectivity index (χ0n) is 12.4. The Balaban J connectivity index is 1.71. The molecule has 2 aliphatic rings. The molecule has 0 radical (unpaired) electrons. The Morgan fingerprint density at radius 2 is 2.24 bits per heavy atom. The monoisotopic (exact) mass is 310 g/mol. The number of esters is 1. The summed E-state index contributed by atoms with van der Waals surface area (Å²) in [6.45, 7) is 4.88. The highest BCUT2D eigenvalue weighted by Crippen LogP contribution is 2.28. The molecule has 2 saturated heterocycles. The minimum atomic E-state index is -0.0893. The second kappa shape index (κ2) is 6.87. The number of carbonyl (C=O) groups excluding carboxylic acids is 1. The molecule has 0 spiro atoms. The molecular weight excluding hydrogens is 288 g/mol. The molecule has 5 nitrogen and oxygen atoms in total. The fourth-order valence-corrected chi connectivity index (χ4v) is 3.89. The van der Waals surface area contributed by atoms with E-state index in [0.29, 0.717) is 12.6 Å². The lowest BCUT2D eigenvalue weighted by molar-refractivity contribution is -0.142. The van der Waals surface area contributed by atoms with Crippen LogP contribution in [-0.4, -0.2) is 68.3 Å². The van der Waals surface area contributed by atoms with Gasteiger partial charge in [-0.2, -0.15) is 0 Å². The van der Waals surface area contributed by atoms with Crippen LogP contribution in [0.4, 0.5) is 0 Å². The van der Waals surface area contributed by atoms with Crippen molar-refractivity contribution in [2.75, 3.05) is 46.5 Å². The minimum Gasteiger partial charge on any atom is -0.464 e. The molecule has 0 saturated carbocycles. The van der Waals surface area contributed by atoms with Crippen molar-refractivity contribution in [3.8, 4) is 0 Å². The van der Waals surface area contributed by atoms with Gasteiger partial charge >= 0.3 is 5.97 Å². The average Bonchev–Trinajstić information content (AvgIpc) is 3.17. The summed E-state index contributed by atoms with van der Waals surface area (Å²) >= 11 is 1.78. The predicted molar refractivity (Wildman–Crippen MR) is 81.4 cm³/mol. The summed E-state index contributed by atoms with van der Waals surface area (Å²) in [7, 11) is 2.03. The summed E-state index contributed by atoms with van der Waals surface area (Å²) in [5.74, 6) is -0.0793. The van der Waals surface area contributed by atoms with Gasteiger partial charge in [-0.1, -0.05) is 6.07 Å². The number of morpholine rings is 1. The number of hydrogen-bond acceptors (Lipinski definition) is 6. The molecule has 1 aromatic rings. The van der Waals surface area contributed by atoms with Crippen LogP contribution in [-0.2, 0) is 14.3 Å². The number of thiophene rings is 1. The van der Waals surface area contributed by atoms with Crippen LogP contribution in [0.3, 0.4) is 0 Å². The molecule has 2 aliphatic heterocycles. The average molecular weight is 310 g/mol. The normalized spacial score (nSPS) is 25.2. The summed E-state index contributed by atoms with van der Waals surface area (Å²) in [6.07, 6.45) is 0.801. The maximum atomic E-state index is 11.8. The number of nitrogens with zero attached hydrogens (tertiary/aromatic N) is 2. The maximum absolute atomic E-state index is 11.8. The van der Waals surface area contributed by atoms with E-state index in [2.05, 4.69) is 27.3 Å². The van der Waals surface area contributed by atoms with E-state index < -0.39 is 0 Å². The van der Waals surface area contributed by atoms with E-state index in [4.69, 9.17) is 9.47 Å². The molecule has 2 atom stereocenters. The molecule has 21 heavy (non-hydrogen) atoms. The van der Waals surface area contributed by atoms with Gasteiger partial charge in [-0.3, -0.25) is 14.6 Å². The van der Waals surface area contributed by atoms with Crippen LogP contribution in [0.1, 0.15) is 17.3 Å². The van der Waals surface area contributed by atoms with E-state index in [1.807, 2.05) is 7.05 Å². The van der Waals surface area contributed by atoms with Crippen LogP contribution in [0.2, 0.25) is 0 Å². The third-order valence-electron chi connectivity index (χ3n) is 4.26. The summed E-state index contributed by atoms with van der Waals surface area (Å²) in [5, 5.41) is 2.12. The summed E-state index contributed by atoms with van der Waals surface area (Å²) < 4.78 is 10.6. The molecule has 0 aliphatic carbocycles. The first-order valence-corrected chi connectivity index (χ1v) is 8.36. The number of cyclic esters (lactones) is 1. The van der Waals surface area contributed by atoms with Crippen LogP contribution >= 0.6 is 11.3 Å². The highest BCUT2D eigenvalue weighted by molar-refractivity contribution is 7.10. The highest BCUT2D eigenvalue weighted by Gasteiger charge is 2.33. The van der Waals surface area contributed by atoms with Gasteiger partial charge in [0.05, 0.1) is 25.9 Å². The Bertz CT molecular complexity index is 459. The first kappa shape index (κ1) is 15.0. The van der Waals surface area contributed by atoms with Crippen LogP contribution in [0.5, 0.6) is 0 Å². The van der Waals surface area contributed by atoms with Crippen LogP contribution in [0, 0.1) is 0 Å². The molecule has 1 aromatic heterocycles. The zero-order chi connectivity index (χ0) is 14.7. The molecular formula is C15H22N2O3S. The van der Waals surface area contributed by atoms with Crippen molar-refractivity contribution in [2.45, 2.75) is 18.5 Å². The van der Waals surface area contributed by atoms with Crippen molar-refractivity contribution in [1.82, 2.24) is 9.80 Å². The maximum Gasteiger partial charge on any atom is 0.323 e. The Morgan fingerprint density at radius 1 is 1.43 bits per heavy atom. The fraction of sp³-hybridized carbons (Fsp3) is 0.667. The summed E-state index contributed by atoms with van der Waals surface area (Å²) in [5.41, 5.74) is 0. The van der Waals surface area contributed by atoms with E-state index >= 15 is 0 Å². The van der Waals surface area contributed by atoms with Gasteiger partial charge in [0.1, 0.15) is 6.04 Å². The standard InChI is InChI=1S/C15H22N2O3S/c1-16(12-4-7-20-15(12)18)11-13(14-3-2-10-21-14)17-5-8-19-9-6-17/h2-3,10,12-13H,4-9,11H2,1H3/t12-,13-/m0/s1. The Hall–Kier alpha value is -0.950. The number of likely N-dealkylation sites (N-methyl/N-ethyl adjacent to an activating group) is 1. The van der Waals surface area contributed by atoms with Gasteiger partial charge in [-0.25, -0.2) is 0 Å². The smallest absolute Gasteiger partial charge is 0.323 e. The molecule has 2 fully saturated rings. The van der Waals surface area contributed by atoms with Crippen LogP contribution in [0.25, 0.3) is 0 Å². The quantitative estimate of drug-likeness (QED) is 0.769. The van der Waals surface area contributed by atoms with Gasteiger partial charge in [0.2, 0.25) is 0 Å². The first-order valence-electron chi connectivity index (χ1n) is 7.48. The first-order chi connectivity index (χ1) is 10.3. The lowest BCUT2D eigenvalue weighted by Crippen LogP contribution is -2.45. The molecule has 3 heterocycles. The largest absolute Gasteiger partial charge is 0.464 e. The van der Waals surface area contributed by atoms with E-state index in [0.717, 1.165) is 39.3 Å². The van der Waals surface area contributed by atoms with Crippen molar-refractivity contribution < 1.29 is 14.3 Å². The van der Waals surface area contributed by atoms with Crippen molar-refractivity contribution in [3.63, 3.8) is 0 Å². The second-order valence-electron chi connectivity index (χ2n) is 5.59. The Labute approximate surface area is 129 Å². The van der Waals surface area contributed by atoms with Gasteiger partial charge < -0.3 is 9.47 Å². The van der Waals surface area contributed by atoms with Crippen molar-refractivity contribution in [2.24, 2.45) is 0 Å². The van der Waals surface area contributed by atoms with Crippen molar-refractivity contribution >= 4 is 17.3 Å². The van der Waals surface area contributed by atoms with E-state index in [-0.39, 0.29) is 12.0 Å². The molecule has 3 rings (SSSR count). The van der Waals surface area contributed by atoms with Crippen LogP contribution in [0.15, 0.2) is 17.5 Å². The Morgan fingerprint density at radius 3 is 2.86 bits per heavy atom. The number of carbonyl (C=O) groups is 1. The van der Waals surface area contributed by atoms with E-state index in [9.17, 15) is 4.79 Å². The van der Waals surface area contributed by atoms with E-state index in [1.165, 1.54) is 4.88 Å². The summed E-state index contributed by atoms with van der Waals surface area (Å²) in [4.78, 5) is 17.7. The lowest BCUT2D eigenvalue weighted by atomic mass is 10.1. The minimum absolute atomic E-state index is 0.0793. The lowest BCUT2D eigenvalue weighted by Gasteiger charge is -2.37. The van der Waals surface area contributed by atoms with Crippen molar-refractivity contribution in [1.29, 1.82) is 0 Å². The third-order valence-corrected chi connectivity index (χ3v) is 5.23. The number of ether oxygens (including phenoxy) is 2. The van der Waals surface area contributed by atoms with Gasteiger partial charge in [-0.15, -0.1) is 11.3 Å². The highest BCUT2D eigenvalue weighted by atomic mass is 32.1. The molecule has 6 heteroatoms. The molecule has 0 aromatic carbocycles. The third kappa shape index (κ3) is 3.45. The topological polar surface area (TPSA) is 42.0 Å². The van der Waals surface area contributed by atoms with Gasteiger partial charge in [0.25, 0.3) is 0 Å². The molecule has 0 amide bonds. The van der Waals surface area contributed by atoms with E-state index in [1.54, 1.807) is 11.3 Å². The van der Waals surface area contributed by atoms with Gasteiger partial charge in [-0.05, 0) is 18.5 Å².